The van der Waals surface area contributed by atoms with Crippen molar-refractivity contribution in [3.63, 3.8) is 0 Å². The second-order valence-electron chi connectivity index (χ2n) is 8.00. The first-order valence-corrected chi connectivity index (χ1v) is 11.4. The quantitative estimate of drug-likeness (QED) is 0.507. The molecule has 0 N–H and O–H groups in total. The monoisotopic (exact) mass is 462 g/mol. The van der Waals surface area contributed by atoms with Gasteiger partial charge in [0.1, 0.15) is 5.75 Å². The van der Waals surface area contributed by atoms with E-state index in [4.69, 9.17) is 14.2 Å². The second-order valence-corrected chi connectivity index (χ2v) is 8.00. The molecule has 0 atom stereocenters. The smallest absolute Gasteiger partial charge is 0.260 e. The fourth-order valence-corrected chi connectivity index (χ4v) is 3.89. The van der Waals surface area contributed by atoms with Crippen molar-refractivity contribution in [1.82, 2.24) is 15.1 Å². The van der Waals surface area contributed by atoms with Crippen LogP contribution in [0, 0.1) is 0 Å². The molecule has 178 valence electrons. The fourth-order valence-electron chi connectivity index (χ4n) is 3.89. The van der Waals surface area contributed by atoms with Gasteiger partial charge in [-0.2, -0.15) is 0 Å². The first-order valence-electron chi connectivity index (χ1n) is 11.4. The average Bonchev–Trinajstić information content (AvgIpc) is 2.91. The van der Waals surface area contributed by atoms with Gasteiger partial charge in [-0.25, -0.2) is 0 Å². The maximum absolute atomic E-state index is 12.6. The van der Waals surface area contributed by atoms with Crippen LogP contribution < -0.4 is 19.1 Å². The van der Waals surface area contributed by atoms with E-state index in [1.165, 1.54) is 5.56 Å². The van der Waals surface area contributed by atoms with Crippen LogP contribution in [-0.2, 0) is 11.2 Å². The summed E-state index contributed by atoms with van der Waals surface area (Å²) in [5, 5.41) is 8.81. The zero-order valence-electron chi connectivity index (χ0n) is 19.9. The van der Waals surface area contributed by atoms with Crippen molar-refractivity contribution >= 4 is 11.7 Å². The molecule has 0 bridgehead atoms. The van der Waals surface area contributed by atoms with Crippen molar-refractivity contribution in [3.05, 3.63) is 60.2 Å². The van der Waals surface area contributed by atoms with Crippen LogP contribution in [0.25, 0.3) is 11.3 Å². The van der Waals surface area contributed by atoms with Crippen LogP contribution in [0.4, 0.5) is 5.82 Å². The number of benzene rings is 2. The van der Waals surface area contributed by atoms with Crippen LogP contribution in [-0.4, -0.2) is 68.0 Å². The van der Waals surface area contributed by atoms with Crippen LogP contribution in [0.1, 0.15) is 12.5 Å². The second kappa shape index (κ2) is 10.9. The van der Waals surface area contributed by atoms with Gasteiger partial charge in [0, 0.05) is 31.7 Å². The minimum absolute atomic E-state index is 0.00546. The Morgan fingerprint density at radius 3 is 2.24 bits per heavy atom. The Morgan fingerprint density at radius 1 is 0.882 bits per heavy atom. The Balaban J connectivity index is 1.30. The number of anilines is 1. The summed E-state index contributed by atoms with van der Waals surface area (Å²) in [4.78, 5) is 16.5. The normalized spacial score (nSPS) is 13.5. The van der Waals surface area contributed by atoms with E-state index < -0.39 is 0 Å². The lowest BCUT2D eigenvalue weighted by molar-refractivity contribution is -0.133. The summed E-state index contributed by atoms with van der Waals surface area (Å²) in [5.74, 6) is 2.82. The molecule has 34 heavy (non-hydrogen) atoms. The molecule has 3 aromatic rings. The van der Waals surface area contributed by atoms with Crippen molar-refractivity contribution in [1.29, 1.82) is 0 Å². The standard InChI is InChI=1S/C26H30N4O4/c1-4-19-5-8-21(9-6-19)34-18-26(31)30-15-13-29(14-16-30)25-12-10-22(27-28-25)20-7-11-23(32-2)24(17-20)33-3/h5-12,17H,4,13-16,18H2,1-3H3. The third kappa shape index (κ3) is 5.39. The van der Waals surface area contributed by atoms with Crippen molar-refractivity contribution in [2.24, 2.45) is 0 Å². The Hall–Kier alpha value is -3.81. The van der Waals surface area contributed by atoms with Crippen LogP contribution >= 0.6 is 0 Å². The molecule has 1 aromatic heterocycles. The van der Waals surface area contributed by atoms with E-state index in [0.717, 1.165) is 23.5 Å². The number of carbonyl (C=O) groups excluding carboxylic acids is 1. The van der Waals surface area contributed by atoms with Crippen LogP contribution in [0.15, 0.2) is 54.6 Å². The SMILES string of the molecule is CCc1ccc(OCC(=O)N2CCN(c3ccc(-c4ccc(OC)c(OC)c4)nn3)CC2)cc1. The highest BCUT2D eigenvalue weighted by atomic mass is 16.5. The molecule has 8 heteroatoms. The Morgan fingerprint density at radius 2 is 1.62 bits per heavy atom. The molecule has 1 aliphatic rings. The van der Waals surface area contributed by atoms with E-state index in [1.54, 1.807) is 14.2 Å². The lowest BCUT2D eigenvalue weighted by atomic mass is 10.1. The predicted molar refractivity (Wildman–Crippen MR) is 131 cm³/mol. The van der Waals surface area contributed by atoms with Gasteiger partial charge in [-0.05, 0) is 54.4 Å². The largest absolute Gasteiger partial charge is 0.493 e. The molecule has 8 nitrogen and oxygen atoms in total. The molecule has 2 heterocycles. The summed E-state index contributed by atoms with van der Waals surface area (Å²) in [5.41, 5.74) is 2.90. The minimum atomic E-state index is -0.00546. The number of carbonyl (C=O) groups is 1. The van der Waals surface area contributed by atoms with Crippen LogP contribution in [0.3, 0.4) is 0 Å². The third-order valence-electron chi connectivity index (χ3n) is 5.98. The third-order valence-corrected chi connectivity index (χ3v) is 5.98. The number of hydrogen-bond acceptors (Lipinski definition) is 7. The lowest BCUT2D eigenvalue weighted by Crippen LogP contribution is -2.50. The van der Waals surface area contributed by atoms with Crippen molar-refractivity contribution in [3.8, 4) is 28.5 Å². The number of amides is 1. The highest BCUT2D eigenvalue weighted by Crippen LogP contribution is 2.31. The molecule has 0 saturated carbocycles. The summed E-state index contributed by atoms with van der Waals surface area (Å²) in [6, 6.07) is 17.4. The Kier molecular flexibility index (Phi) is 7.47. The van der Waals surface area contributed by atoms with E-state index in [-0.39, 0.29) is 12.5 Å². The average molecular weight is 463 g/mol. The van der Waals surface area contributed by atoms with Crippen molar-refractivity contribution < 1.29 is 19.0 Å². The maximum Gasteiger partial charge on any atom is 0.260 e. The van der Waals surface area contributed by atoms with E-state index in [0.29, 0.717) is 43.4 Å². The first kappa shape index (κ1) is 23.4. The zero-order chi connectivity index (χ0) is 23.9. The number of nitrogens with zero attached hydrogens (tertiary/aromatic N) is 4. The number of aromatic nitrogens is 2. The number of piperazine rings is 1. The molecule has 1 fully saturated rings. The summed E-state index contributed by atoms with van der Waals surface area (Å²) in [7, 11) is 3.22. The highest BCUT2D eigenvalue weighted by molar-refractivity contribution is 5.78. The van der Waals surface area contributed by atoms with E-state index in [9.17, 15) is 4.79 Å². The van der Waals surface area contributed by atoms with Gasteiger partial charge >= 0.3 is 0 Å². The van der Waals surface area contributed by atoms with Gasteiger partial charge in [-0.1, -0.05) is 19.1 Å². The topological polar surface area (TPSA) is 77.0 Å². The molecule has 4 rings (SSSR count). The molecule has 1 aliphatic heterocycles. The molecule has 1 saturated heterocycles. The number of hydrogen-bond donors (Lipinski definition) is 0. The number of methoxy groups -OCH3 is 2. The molecule has 1 amide bonds. The summed E-state index contributed by atoms with van der Waals surface area (Å²) in [6.07, 6.45) is 0.979. The maximum atomic E-state index is 12.6. The zero-order valence-corrected chi connectivity index (χ0v) is 19.9. The summed E-state index contributed by atoms with van der Waals surface area (Å²) < 4.78 is 16.3. The predicted octanol–water partition coefficient (Wildman–Crippen LogP) is 3.45. The first-order chi connectivity index (χ1) is 16.6. The van der Waals surface area contributed by atoms with E-state index >= 15 is 0 Å². The van der Waals surface area contributed by atoms with Gasteiger partial charge in [0.2, 0.25) is 0 Å². The fraction of sp³-hybridized carbons (Fsp3) is 0.346. The van der Waals surface area contributed by atoms with Gasteiger partial charge in [-0.3, -0.25) is 4.79 Å². The molecule has 0 radical (unpaired) electrons. The number of rotatable bonds is 8. The molecular formula is C26H30N4O4. The molecule has 0 spiro atoms. The van der Waals surface area contributed by atoms with E-state index in [1.807, 2.05) is 59.5 Å². The van der Waals surface area contributed by atoms with E-state index in [2.05, 4.69) is 22.0 Å². The summed E-state index contributed by atoms with van der Waals surface area (Å²) >= 11 is 0. The van der Waals surface area contributed by atoms with Crippen molar-refractivity contribution in [2.75, 3.05) is 51.9 Å². The summed E-state index contributed by atoms with van der Waals surface area (Å²) in [6.45, 7) is 4.79. The van der Waals surface area contributed by atoms with Crippen LogP contribution in [0.2, 0.25) is 0 Å². The Bertz CT molecular complexity index is 1090. The lowest BCUT2D eigenvalue weighted by Gasteiger charge is -2.35. The Labute approximate surface area is 200 Å². The van der Waals surface area contributed by atoms with Gasteiger partial charge < -0.3 is 24.0 Å². The minimum Gasteiger partial charge on any atom is -0.493 e. The molecule has 2 aromatic carbocycles. The van der Waals surface area contributed by atoms with Gasteiger partial charge in [0.05, 0.1) is 19.9 Å². The van der Waals surface area contributed by atoms with Gasteiger partial charge in [-0.15, -0.1) is 10.2 Å². The van der Waals surface area contributed by atoms with Gasteiger partial charge in [0.15, 0.2) is 23.9 Å². The van der Waals surface area contributed by atoms with Crippen molar-refractivity contribution in [2.45, 2.75) is 13.3 Å². The number of aryl methyl sites for hydroxylation is 1. The molecule has 0 unspecified atom stereocenters. The number of ether oxygens (including phenoxy) is 3. The highest BCUT2D eigenvalue weighted by Gasteiger charge is 2.22. The van der Waals surface area contributed by atoms with Gasteiger partial charge in [0.25, 0.3) is 5.91 Å². The van der Waals surface area contributed by atoms with Crippen LogP contribution in [0.5, 0.6) is 17.2 Å². The molecular weight excluding hydrogens is 432 g/mol. The molecule has 0 aliphatic carbocycles.